The van der Waals surface area contributed by atoms with Crippen LogP contribution in [0.5, 0.6) is 5.75 Å². The molecule has 1 aromatic rings. The third-order valence-electron chi connectivity index (χ3n) is 4.55. The molecule has 2 fully saturated rings. The molecule has 1 aromatic carbocycles. The zero-order valence-corrected chi connectivity index (χ0v) is 12.7. The number of benzene rings is 1. The lowest BCUT2D eigenvalue weighted by molar-refractivity contribution is -0.147. The van der Waals surface area contributed by atoms with Crippen LogP contribution in [-0.4, -0.2) is 29.3 Å². The van der Waals surface area contributed by atoms with E-state index in [1.165, 1.54) is 0 Å². The zero-order chi connectivity index (χ0) is 15.0. The first-order chi connectivity index (χ1) is 10.0. The predicted molar refractivity (Wildman–Crippen MR) is 80.7 cm³/mol. The van der Waals surface area contributed by atoms with Crippen LogP contribution in [0.4, 0.5) is 0 Å². The Kier molecular flexibility index (Phi) is 3.66. The minimum absolute atomic E-state index is 0.194. The molecule has 1 atom stereocenters. The van der Waals surface area contributed by atoms with Gasteiger partial charge in [0.2, 0.25) is 0 Å². The number of ether oxygens (including phenoxy) is 1. The fourth-order valence-corrected chi connectivity index (χ4v) is 2.96. The monoisotopic (exact) mass is 289 g/mol. The Morgan fingerprint density at radius 1 is 1.29 bits per heavy atom. The highest BCUT2D eigenvalue weighted by Gasteiger charge is 2.54. The topological polar surface area (TPSA) is 58.6 Å². The van der Waals surface area contributed by atoms with Gasteiger partial charge in [-0.05, 0) is 56.6 Å². The van der Waals surface area contributed by atoms with Gasteiger partial charge in [0.1, 0.15) is 12.4 Å². The summed E-state index contributed by atoms with van der Waals surface area (Å²) in [4.78, 5) is 11.9. The van der Waals surface area contributed by atoms with E-state index >= 15 is 0 Å². The van der Waals surface area contributed by atoms with E-state index in [-0.39, 0.29) is 12.5 Å². The highest BCUT2D eigenvalue weighted by atomic mass is 16.5. The first kappa shape index (κ1) is 14.4. The van der Waals surface area contributed by atoms with E-state index in [2.05, 4.69) is 5.32 Å². The minimum atomic E-state index is -0.921. The Bertz CT molecular complexity index is 529. The van der Waals surface area contributed by atoms with E-state index in [1.807, 2.05) is 32.0 Å². The second-order valence-electron chi connectivity index (χ2n) is 6.48. The normalized spacial score (nSPS) is 20.9. The first-order valence-electron chi connectivity index (χ1n) is 7.73. The Balaban J connectivity index is 1.79. The average molecular weight is 289 g/mol. The van der Waals surface area contributed by atoms with Crippen LogP contribution >= 0.6 is 0 Å². The maximum absolute atomic E-state index is 11.9. The Labute approximate surface area is 125 Å². The van der Waals surface area contributed by atoms with Gasteiger partial charge in [0.15, 0.2) is 5.54 Å². The average Bonchev–Trinajstić information content (AvgIpc) is 3.29. The SMILES string of the molecule is Cc1cccc(C)c1OCC(NC1CC1)(C(=O)O)C1CC1. The predicted octanol–water partition coefficient (Wildman–Crippen LogP) is 2.67. The fourth-order valence-electron chi connectivity index (χ4n) is 2.96. The lowest BCUT2D eigenvalue weighted by Gasteiger charge is -2.31. The molecule has 0 radical (unpaired) electrons. The highest BCUT2D eigenvalue weighted by Crippen LogP contribution is 2.42. The van der Waals surface area contributed by atoms with Crippen molar-refractivity contribution in [2.45, 2.75) is 51.1 Å². The van der Waals surface area contributed by atoms with Crippen molar-refractivity contribution in [2.75, 3.05) is 6.61 Å². The highest BCUT2D eigenvalue weighted by molar-refractivity contribution is 5.80. The lowest BCUT2D eigenvalue weighted by atomic mass is 9.94. The van der Waals surface area contributed by atoms with Gasteiger partial charge >= 0.3 is 5.97 Å². The summed E-state index contributed by atoms with van der Waals surface area (Å²) in [6.07, 6.45) is 4.10. The van der Waals surface area contributed by atoms with E-state index in [4.69, 9.17) is 4.74 Å². The van der Waals surface area contributed by atoms with Crippen molar-refractivity contribution in [1.29, 1.82) is 0 Å². The Morgan fingerprint density at radius 3 is 2.38 bits per heavy atom. The summed E-state index contributed by atoms with van der Waals surface area (Å²) in [5.41, 5.74) is 1.18. The summed E-state index contributed by atoms with van der Waals surface area (Å²) in [5, 5.41) is 13.1. The van der Waals surface area contributed by atoms with Gasteiger partial charge < -0.3 is 9.84 Å². The van der Waals surface area contributed by atoms with Gasteiger partial charge in [0, 0.05) is 6.04 Å². The molecule has 2 aliphatic carbocycles. The number of nitrogens with one attached hydrogen (secondary N) is 1. The summed E-state index contributed by atoms with van der Waals surface area (Å²) in [7, 11) is 0. The Hall–Kier alpha value is -1.55. The third-order valence-corrected chi connectivity index (χ3v) is 4.55. The van der Waals surface area contributed by atoms with Gasteiger partial charge in [-0.3, -0.25) is 10.1 Å². The summed E-state index contributed by atoms with van der Waals surface area (Å²) in [5.74, 6) is 0.240. The number of carboxylic acid groups (broad SMARTS) is 1. The lowest BCUT2D eigenvalue weighted by Crippen LogP contribution is -2.59. The fraction of sp³-hybridized carbons (Fsp3) is 0.588. The molecule has 2 aliphatic rings. The molecule has 114 valence electrons. The number of carbonyl (C=O) groups is 1. The molecule has 2 saturated carbocycles. The maximum atomic E-state index is 11.9. The molecule has 0 spiro atoms. The number of para-hydroxylation sites is 1. The van der Waals surface area contributed by atoms with E-state index in [0.717, 1.165) is 42.6 Å². The van der Waals surface area contributed by atoms with Gasteiger partial charge in [-0.15, -0.1) is 0 Å². The standard InChI is InChI=1S/C17H23NO3/c1-11-4-3-5-12(2)15(11)21-10-17(16(19)20,13-6-7-13)18-14-8-9-14/h3-5,13-14,18H,6-10H2,1-2H3,(H,19,20). The summed E-state index contributed by atoms with van der Waals surface area (Å²) < 4.78 is 5.98. The molecule has 0 saturated heterocycles. The molecule has 4 heteroatoms. The smallest absolute Gasteiger partial charge is 0.327 e. The number of carboxylic acids is 1. The molecule has 0 bridgehead atoms. The van der Waals surface area contributed by atoms with Gasteiger partial charge in [-0.2, -0.15) is 0 Å². The second-order valence-corrected chi connectivity index (χ2v) is 6.48. The van der Waals surface area contributed by atoms with Crippen LogP contribution in [0.1, 0.15) is 36.8 Å². The summed E-state index contributed by atoms with van der Waals surface area (Å²) in [6, 6.07) is 6.33. The van der Waals surface area contributed by atoms with Crippen LogP contribution in [0.3, 0.4) is 0 Å². The van der Waals surface area contributed by atoms with Gasteiger partial charge in [-0.1, -0.05) is 18.2 Å². The van der Waals surface area contributed by atoms with Crippen LogP contribution in [0, 0.1) is 19.8 Å². The molecule has 0 heterocycles. The van der Waals surface area contributed by atoms with Crippen molar-refractivity contribution in [2.24, 2.45) is 5.92 Å². The van der Waals surface area contributed by atoms with Crippen LogP contribution in [0.2, 0.25) is 0 Å². The molecule has 1 unspecified atom stereocenters. The van der Waals surface area contributed by atoms with Crippen LogP contribution in [0.15, 0.2) is 18.2 Å². The van der Waals surface area contributed by atoms with Crippen LogP contribution < -0.4 is 10.1 Å². The van der Waals surface area contributed by atoms with Gasteiger partial charge in [0.05, 0.1) is 0 Å². The van der Waals surface area contributed by atoms with E-state index in [9.17, 15) is 9.90 Å². The maximum Gasteiger partial charge on any atom is 0.327 e. The molecule has 0 aromatic heterocycles. The number of hydrogen-bond acceptors (Lipinski definition) is 3. The quantitative estimate of drug-likeness (QED) is 0.810. The zero-order valence-electron chi connectivity index (χ0n) is 12.7. The van der Waals surface area contributed by atoms with Crippen molar-refractivity contribution in [1.82, 2.24) is 5.32 Å². The largest absolute Gasteiger partial charge is 0.490 e. The van der Waals surface area contributed by atoms with Crippen molar-refractivity contribution in [3.05, 3.63) is 29.3 Å². The molecular weight excluding hydrogens is 266 g/mol. The number of rotatable bonds is 7. The number of aliphatic carboxylic acids is 1. The first-order valence-corrected chi connectivity index (χ1v) is 7.73. The van der Waals surface area contributed by atoms with Crippen molar-refractivity contribution < 1.29 is 14.6 Å². The third kappa shape index (κ3) is 2.91. The van der Waals surface area contributed by atoms with Gasteiger partial charge in [0.25, 0.3) is 0 Å². The van der Waals surface area contributed by atoms with Crippen LogP contribution in [-0.2, 0) is 4.79 Å². The number of hydrogen-bond donors (Lipinski definition) is 2. The molecular formula is C17H23NO3. The number of aryl methyl sites for hydroxylation is 2. The van der Waals surface area contributed by atoms with Crippen molar-refractivity contribution in [3.8, 4) is 5.75 Å². The molecule has 0 aliphatic heterocycles. The van der Waals surface area contributed by atoms with E-state index in [1.54, 1.807) is 0 Å². The molecule has 21 heavy (non-hydrogen) atoms. The molecule has 0 amide bonds. The van der Waals surface area contributed by atoms with Gasteiger partial charge in [-0.25, -0.2) is 0 Å². The second kappa shape index (κ2) is 5.34. The molecule has 4 nitrogen and oxygen atoms in total. The summed E-state index contributed by atoms with van der Waals surface area (Å²) in [6.45, 7) is 4.20. The van der Waals surface area contributed by atoms with Crippen molar-refractivity contribution in [3.63, 3.8) is 0 Å². The van der Waals surface area contributed by atoms with E-state index in [0.29, 0.717) is 6.04 Å². The van der Waals surface area contributed by atoms with Crippen LogP contribution in [0.25, 0.3) is 0 Å². The van der Waals surface area contributed by atoms with Crippen molar-refractivity contribution >= 4 is 5.97 Å². The van der Waals surface area contributed by atoms with E-state index < -0.39 is 11.5 Å². The molecule has 3 rings (SSSR count). The summed E-state index contributed by atoms with van der Waals surface area (Å²) >= 11 is 0. The Morgan fingerprint density at radius 2 is 1.90 bits per heavy atom. The molecule has 2 N–H and O–H groups in total. The minimum Gasteiger partial charge on any atom is -0.490 e.